The number of carbonyl (C=O) groups excluding carboxylic acids is 2. The van der Waals surface area contributed by atoms with Crippen molar-refractivity contribution in [3.63, 3.8) is 0 Å². The number of pyridine rings is 1. The molecule has 2 aliphatic heterocycles. The number of amides is 3. The van der Waals surface area contributed by atoms with Crippen LogP contribution in [0.1, 0.15) is 21.5 Å². The fourth-order valence-corrected chi connectivity index (χ4v) is 4.46. The lowest BCUT2D eigenvalue weighted by Crippen LogP contribution is -2.40. The minimum absolute atomic E-state index is 0.0369. The molecule has 0 saturated heterocycles. The Hall–Kier alpha value is -3.88. The van der Waals surface area contributed by atoms with E-state index in [9.17, 15) is 9.59 Å². The zero-order valence-corrected chi connectivity index (χ0v) is 19.9. The highest BCUT2D eigenvalue weighted by Gasteiger charge is 2.26. The van der Waals surface area contributed by atoms with Crippen LogP contribution >= 0.6 is 23.2 Å². The monoisotopic (exact) mass is 507 g/mol. The number of nitrogens with zero attached hydrogens (tertiary/aromatic N) is 4. The lowest BCUT2D eigenvalue weighted by atomic mass is 9.98. The first-order valence-electron chi connectivity index (χ1n) is 10.7. The zero-order valence-electron chi connectivity index (χ0n) is 18.4. The summed E-state index contributed by atoms with van der Waals surface area (Å²) in [5, 5.41) is 8.14. The molecule has 3 amide bonds. The van der Waals surface area contributed by atoms with E-state index in [1.165, 1.54) is 18.3 Å². The van der Waals surface area contributed by atoms with Crippen molar-refractivity contribution in [2.75, 3.05) is 11.6 Å². The smallest absolute Gasteiger partial charge is 0.347 e. The van der Waals surface area contributed by atoms with E-state index < -0.39 is 6.03 Å². The van der Waals surface area contributed by atoms with Crippen LogP contribution < -0.4 is 15.1 Å². The van der Waals surface area contributed by atoms with Crippen LogP contribution in [0.25, 0.3) is 0 Å². The van der Waals surface area contributed by atoms with Crippen LogP contribution in [-0.4, -0.2) is 34.6 Å². The lowest BCUT2D eigenvalue weighted by molar-refractivity contribution is 0.0727. The highest BCUT2D eigenvalue weighted by atomic mass is 35.5. The van der Waals surface area contributed by atoms with Gasteiger partial charge in [0.15, 0.2) is 5.75 Å². The standard InChI is InChI=1S/C25H19Cl2N5O3/c1-15-12-29-32(25(34)30-15)18-10-21(26)23(22(27)11-18)35-19-4-5-20-17(9-19)6-8-31(24(20)33)14-16-3-2-7-28-13-16/h2-5,7,9-13H,1,6,8,14H2,(H,30,34). The quantitative estimate of drug-likeness (QED) is 0.500. The predicted molar refractivity (Wildman–Crippen MR) is 134 cm³/mol. The maximum absolute atomic E-state index is 13.0. The highest BCUT2D eigenvalue weighted by Crippen LogP contribution is 2.40. The number of anilines is 1. The van der Waals surface area contributed by atoms with Gasteiger partial charge in [-0.1, -0.05) is 35.8 Å². The molecule has 2 aliphatic rings. The molecule has 35 heavy (non-hydrogen) atoms. The number of carbonyl (C=O) groups is 2. The van der Waals surface area contributed by atoms with Crippen LogP contribution in [0.15, 0.2) is 72.2 Å². The Morgan fingerprint density at radius 1 is 1.11 bits per heavy atom. The molecule has 10 heteroatoms. The number of halogens is 2. The summed E-state index contributed by atoms with van der Waals surface area (Å²) < 4.78 is 5.98. The van der Waals surface area contributed by atoms with Crippen molar-refractivity contribution in [1.29, 1.82) is 0 Å². The number of nitrogens with one attached hydrogen (secondary N) is 1. The summed E-state index contributed by atoms with van der Waals surface area (Å²) in [7, 11) is 0. The third kappa shape index (κ3) is 4.71. The topological polar surface area (TPSA) is 87.1 Å². The van der Waals surface area contributed by atoms with Crippen molar-refractivity contribution in [2.45, 2.75) is 13.0 Å². The van der Waals surface area contributed by atoms with E-state index in [1.807, 2.05) is 18.2 Å². The van der Waals surface area contributed by atoms with Crippen LogP contribution in [0.5, 0.6) is 11.5 Å². The van der Waals surface area contributed by atoms with Crippen LogP contribution in [0.4, 0.5) is 10.5 Å². The van der Waals surface area contributed by atoms with Gasteiger partial charge in [0.25, 0.3) is 5.91 Å². The van der Waals surface area contributed by atoms with Crippen LogP contribution in [-0.2, 0) is 13.0 Å². The maximum Gasteiger partial charge on any atom is 0.347 e. The molecule has 5 rings (SSSR count). The fourth-order valence-electron chi connectivity index (χ4n) is 3.91. The van der Waals surface area contributed by atoms with Crippen LogP contribution in [0, 0.1) is 0 Å². The Bertz CT molecular complexity index is 1350. The first-order valence-corrected chi connectivity index (χ1v) is 11.5. The van der Waals surface area contributed by atoms with E-state index in [-0.39, 0.29) is 21.7 Å². The van der Waals surface area contributed by atoms with Crippen molar-refractivity contribution in [3.8, 4) is 11.5 Å². The number of hydrazone groups is 1. The van der Waals surface area contributed by atoms with Gasteiger partial charge < -0.3 is 15.0 Å². The number of rotatable bonds is 5. The Labute approximate surface area is 211 Å². The van der Waals surface area contributed by atoms with E-state index in [2.05, 4.69) is 22.0 Å². The Balaban J connectivity index is 1.34. The van der Waals surface area contributed by atoms with E-state index in [0.717, 1.165) is 16.1 Å². The van der Waals surface area contributed by atoms with E-state index in [0.29, 0.717) is 42.2 Å². The summed E-state index contributed by atoms with van der Waals surface area (Å²) in [6.45, 7) is 4.74. The molecule has 1 aromatic heterocycles. The van der Waals surface area contributed by atoms with Crippen molar-refractivity contribution >= 4 is 47.0 Å². The summed E-state index contributed by atoms with van der Waals surface area (Å²) in [6, 6.07) is 11.7. The van der Waals surface area contributed by atoms with Gasteiger partial charge in [-0.15, -0.1) is 0 Å². The number of ether oxygens (including phenoxy) is 1. The SMILES string of the molecule is C=C1C=NN(c2cc(Cl)c(Oc3ccc4c(c3)CCN(Cc3cccnc3)C4=O)c(Cl)c2)C(=O)N1. The van der Waals surface area contributed by atoms with Crippen LogP contribution in [0.3, 0.4) is 0 Å². The minimum Gasteiger partial charge on any atom is -0.454 e. The molecular weight excluding hydrogens is 489 g/mol. The van der Waals surface area contributed by atoms with Gasteiger partial charge in [0.2, 0.25) is 0 Å². The van der Waals surface area contributed by atoms with E-state index in [1.54, 1.807) is 29.4 Å². The Morgan fingerprint density at radius 2 is 1.91 bits per heavy atom. The summed E-state index contributed by atoms with van der Waals surface area (Å²) in [5.41, 5.74) is 3.26. The molecule has 0 radical (unpaired) electrons. The van der Waals surface area contributed by atoms with Gasteiger partial charge in [0.1, 0.15) is 5.75 Å². The molecule has 0 fully saturated rings. The Morgan fingerprint density at radius 3 is 2.63 bits per heavy atom. The molecule has 3 heterocycles. The lowest BCUT2D eigenvalue weighted by Gasteiger charge is -2.29. The maximum atomic E-state index is 13.0. The second-order valence-electron chi connectivity index (χ2n) is 8.01. The summed E-state index contributed by atoms with van der Waals surface area (Å²) >= 11 is 12.9. The minimum atomic E-state index is -0.477. The molecule has 0 bridgehead atoms. The van der Waals surface area contributed by atoms with Crippen molar-refractivity contribution in [2.24, 2.45) is 5.10 Å². The van der Waals surface area contributed by atoms with Crippen molar-refractivity contribution in [3.05, 3.63) is 93.9 Å². The van der Waals surface area contributed by atoms with E-state index >= 15 is 0 Å². The van der Waals surface area contributed by atoms with Crippen LogP contribution in [0.2, 0.25) is 10.0 Å². The van der Waals surface area contributed by atoms with Gasteiger partial charge in [-0.3, -0.25) is 9.78 Å². The average Bonchev–Trinajstić information content (AvgIpc) is 2.84. The first kappa shape index (κ1) is 22.9. The Kier molecular flexibility index (Phi) is 6.15. The van der Waals surface area contributed by atoms with Gasteiger partial charge in [0.05, 0.1) is 27.6 Å². The number of urea groups is 1. The zero-order chi connectivity index (χ0) is 24.5. The highest BCUT2D eigenvalue weighted by molar-refractivity contribution is 6.37. The molecular formula is C25H19Cl2N5O3. The van der Waals surface area contributed by atoms with E-state index in [4.69, 9.17) is 27.9 Å². The van der Waals surface area contributed by atoms with Gasteiger partial charge in [-0.05, 0) is 53.9 Å². The van der Waals surface area contributed by atoms with Gasteiger partial charge in [0, 0.05) is 31.0 Å². The van der Waals surface area contributed by atoms with Gasteiger partial charge in [-0.2, -0.15) is 10.1 Å². The van der Waals surface area contributed by atoms with Crippen molar-refractivity contribution < 1.29 is 14.3 Å². The number of benzene rings is 2. The third-order valence-electron chi connectivity index (χ3n) is 5.58. The van der Waals surface area contributed by atoms with Gasteiger partial charge in [-0.25, -0.2) is 4.79 Å². The van der Waals surface area contributed by atoms with Crippen molar-refractivity contribution in [1.82, 2.24) is 15.2 Å². The fraction of sp³-hybridized carbons (Fsp3) is 0.120. The predicted octanol–water partition coefficient (Wildman–Crippen LogP) is 5.41. The second-order valence-corrected chi connectivity index (χ2v) is 8.82. The molecule has 0 saturated carbocycles. The molecule has 0 aliphatic carbocycles. The molecule has 176 valence electrons. The number of hydrogen-bond acceptors (Lipinski definition) is 5. The summed E-state index contributed by atoms with van der Waals surface area (Å²) in [4.78, 5) is 31.1. The summed E-state index contributed by atoms with van der Waals surface area (Å²) in [5.74, 6) is 0.701. The molecule has 2 aromatic carbocycles. The molecule has 0 unspecified atom stereocenters. The molecule has 8 nitrogen and oxygen atoms in total. The molecule has 3 aromatic rings. The first-order chi connectivity index (χ1) is 16.9. The molecule has 0 atom stereocenters. The van der Waals surface area contributed by atoms with Gasteiger partial charge >= 0.3 is 6.03 Å². The normalized spacial score (nSPS) is 15.2. The number of fused-ring (bicyclic) bond motifs is 1. The summed E-state index contributed by atoms with van der Waals surface area (Å²) in [6.07, 6.45) is 5.57. The largest absolute Gasteiger partial charge is 0.454 e. The number of aromatic nitrogens is 1. The third-order valence-corrected chi connectivity index (χ3v) is 6.14. The average molecular weight is 508 g/mol. The second kappa shape index (κ2) is 9.40. The number of hydrogen-bond donors (Lipinski definition) is 1. The molecule has 1 N–H and O–H groups in total. The number of allylic oxidation sites excluding steroid dienone is 1. The molecule has 0 spiro atoms.